The third-order valence-electron chi connectivity index (χ3n) is 5.13. The lowest BCUT2D eigenvalue weighted by molar-refractivity contribution is 0.0207. The number of thioether (sulfide) groups is 1. The first-order valence-corrected chi connectivity index (χ1v) is 12.5. The van der Waals surface area contributed by atoms with Crippen LogP contribution >= 0.6 is 11.8 Å². The number of hydrogen-bond donors (Lipinski definition) is 0. The van der Waals surface area contributed by atoms with Crippen molar-refractivity contribution in [1.29, 1.82) is 0 Å². The highest BCUT2D eigenvalue weighted by atomic mass is 32.2. The molecule has 0 aliphatic rings. The minimum absolute atomic E-state index is 0.475. The quantitative estimate of drug-likeness (QED) is 0.157. The largest absolute Gasteiger partial charge is 0.514 e. The van der Waals surface area contributed by atoms with E-state index in [1.54, 1.807) is 17.8 Å². The Hall–Kier alpha value is -3.25. The minimum Gasteiger partial charge on any atom is -0.428 e. The molecule has 0 amide bonds. The molecule has 1 heterocycles. The number of aromatic nitrogens is 2. The Bertz CT molecular complexity index is 1270. The zero-order valence-electron chi connectivity index (χ0n) is 20.1. The average Bonchev–Trinajstić information content (AvgIpc) is 3.14. The first kappa shape index (κ1) is 23.9. The Morgan fingerprint density at radius 1 is 0.971 bits per heavy atom. The van der Waals surface area contributed by atoms with Gasteiger partial charge in [0.2, 0.25) is 0 Å². The van der Waals surface area contributed by atoms with E-state index in [-0.39, 0.29) is 0 Å². The number of hydrogen-bond acceptors (Lipinski definition) is 5. The maximum Gasteiger partial charge on any atom is 0.514 e. The van der Waals surface area contributed by atoms with Gasteiger partial charge in [0.1, 0.15) is 11.4 Å². The molecule has 5 nitrogen and oxygen atoms in total. The van der Waals surface area contributed by atoms with Crippen molar-refractivity contribution in [2.75, 3.05) is 5.75 Å². The molecule has 0 aliphatic heterocycles. The highest BCUT2D eigenvalue weighted by Crippen LogP contribution is 2.31. The molecule has 0 saturated heterocycles. The average molecular weight is 475 g/mol. The molecule has 0 aliphatic carbocycles. The standard InChI is InChI=1S/C28H30N2O3S/c1-5-18-34-26-29-23-11-7-8-12-24(23)30(26)19-20-14-16-21(17-15-20)22-10-6-9-13-25(22)32-27(31)33-28(2,3)4/h6-17H,5,18-19H2,1-4H3. The fourth-order valence-electron chi connectivity index (χ4n) is 3.64. The van der Waals surface area contributed by atoms with E-state index >= 15 is 0 Å². The van der Waals surface area contributed by atoms with Gasteiger partial charge in [-0.05, 0) is 56.5 Å². The molecule has 6 heteroatoms. The van der Waals surface area contributed by atoms with Crippen molar-refractivity contribution in [3.8, 4) is 16.9 Å². The predicted octanol–water partition coefficient (Wildman–Crippen LogP) is 7.57. The summed E-state index contributed by atoms with van der Waals surface area (Å²) in [5, 5.41) is 1.04. The SMILES string of the molecule is CCCSc1nc2ccccc2n1Cc1ccc(-c2ccccc2OC(=O)OC(C)(C)C)cc1. The van der Waals surface area contributed by atoms with Gasteiger partial charge in [-0.1, -0.05) is 73.3 Å². The number of para-hydroxylation sites is 3. The predicted molar refractivity (Wildman–Crippen MR) is 139 cm³/mol. The Balaban J connectivity index is 1.57. The van der Waals surface area contributed by atoms with Gasteiger partial charge in [-0.15, -0.1) is 0 Å². The molecule has 0 fully saturated rings. The van der Waals surface area contributed by atoms with Gasteiger partial charge in [-0.3, -0.25) is 0 Å². The molecule has 4 rings (SSSR count). The summed E-state index contributed by atoms with van der Waals surface area (Å²) < 4.78 is 13.1. The second-order valence-electron chi connectivity index (χ2n) is 9.08. The van der Waals surface area contributed by atoms with Crippen molar-refractivity contribution in [2.24, 2.45) is 0 Å². The molecule has 0 atom stereocenters. The normalized spacial score (nSPS) is 11.5. The molecule has 0 N–H and O–H groups in total. The first-order chi connectivity index (χ1) is 16.3. The summed E-state index contributed by atoms with van der Waals surface area (Å²) >= 11 is 1.79. The zero-order chi connectivity index (χ0) is 24.1. The number of fused-ring (bicyclic) bond motifs is 1. The van der Waals surface area contributed by atoms with Crippen molar-refractivity contribution in [1.82, 2.24) is 9.55 Å². The number of carbonyl (C=O) groups excluding carboxylic acids is 1. The van der Waals surface area contributed by atoms with Crippen LogP contribution in [0.2, 0.25) is 0 Å². The van der Waals surface area contributed by atoms with E-state index < -0.39 is 11.8 Å². The van der Waals surface area contributed by atoms with E-state index in [2.05, 4.69) is 54.0 Å². The van der Waals surface area contributed by atoms with Gasteiger partial charge in [0.15, 0.2) is 5.16 Å². The maximum absolute atomic E-state index is 12.2. The molecule has 176 valence electrons. The fraction of sp³-hybridized carbons (Fsp3) is 0.286. The summed E-state index contributed by atoms with van der Waals surface area (Å²) in [5.41, 5.74) is 4.54. The van der Waals surface area contributed by atoms with Gasteiger partial charge in [-0.2, -0.15) is 0 Å². The third kappa shape index (κ3) is 5.81. The van der Waals surface area contributed by atoms with Gasteiger partial charge in [-0.25, -0.2) is 9.78 Å². The molecular formula is C28H30N2O3S. The summed E-state index contributed by atoms with van der Waals surface area (Å²) in [7, 11) is 0. The monoisotopic (exact) mass is 474 g/mol. The van der Waals surface area contributed by atoms with Gasteiger partial charge >= 0.3 is 6.16 Å². The van der Waals surface area contributed by atoms with E-state index in [1.807, 2.05) is 45.0 Å². The Morgan fingerprint density at radius 3 is 2.41 bits per heavy atom. The van der Waals surface area contributed by atoms with E-state index in [4.69, 9.17) is 14.5 Å². The molecule has 0 radical (unpaired) electrons. The summed E-state index contributed by atoms with van der Waals surface area (Å²) in [4.78, 5) is 17.0. The Kier molecular flexibility index (Phi) is 7.27. The van der Waals surface area contributed by atoms with E-state index in [0.717, 1.165) is 46.0 Å². The van der Waals surface area contributed by atoms with Crippen molar-refractivity contribution in [3.63, 3.8) is 0 Å². The Morgan fingerprint density at radius 2 is 1.68 bits per heavy atom. The number of imidazole rings is 1. The number of carbonyl (C=O) groups is 1. The minimum atomic E-state index is -0.708. The lowest BCUT2D eigenvalue weighted by Crippen LogP contribution is -2.26. The lowest BCUT2D eigenvalue weighted by Gasteiger charge is -2.19. The molecule has 3 aromatic carbocycles. The van der Waals surface area contributed by atoms with Crippen LogP contribution in [0.25, 0.3) is 22.2 Å². The molecule has 0 saturated carbocycles. The highest BCUT2D eigenvalue weighted by molar-refractivity contribution is 7.99. The van der Waals surface area contributed by atoms with E-state index in [1.165, 1.54) is 5.56 Å². The summed E-state index contributed by atoms with van der Waals surface area (Å²) in [6.07, 6.45) is 0.397. The Labute approximate surface area is 205 Å². The zero-order valence-corrected chi connectivity index (χ0v) is 20.9. The van der Waals surface area contributed by atoms with E-state index in [9.17, 15) is 4.79 Å². The van der Waals surface area contributed by atoms with Crippen LogP contribution < -0.4 is 4.74 Å². The van der Waals surface area contributed by atoms with Crippen LogP contribution in [0.5, 0.6) is 5.75 Å². The third-order valence-corrected chi connectivity index (χ3v) is 6.31. The van der Waals surface area contributed by atoms with Crippen LogP contribution in [0.3, 0.4) is 0 Å². The number of ether oxygens (including phenoxy) is 2. The van der Waals surface area contributed by atoms with Gasteiger partial charge in [0.25, 0.3) is 0 Å². The van der Waals surface area contributed by atoms with Crippen molar-refractivity contribution < 1.29 is 14.3 Å². The van der Waals surface area contributed by atoms with Gasteiger partial charge < -0.3 is 14.0 Å². The van der Waals surface area contributed by atoms with Crippen molar-refractivity contribution in [3.05, 3.63) is 78.4 Å². The first-order valence-electron chi connectivity index (χ1n) is 11.5. The van der Waals surface area contributed by atoms with Crippen LogP contribution in [-0.4, -0.2) is 27.1 Å². The smallest absolute Gasteiger partial charge is 0.428 e. The van der Waals surface area contributed by atoms with Crippen molar-refractivity contribution >= 4 is 29.0 Å². The number of rotatable bonds is 7. The molecular weight excluding hydrogens is 444 g/mol. The summed E-state index contributed by atoms with van der Waals surface area (Å²) in [6.45, 7) is 8.36. The summed E-state index contributed by atoms with van der Waals surface area (Å²) in [6, 6.07) is 24.1. The van der Waals surface area contributed by atoms with Crippen LogP contribution in [0.1, 0.15) is 39.7 Å². The lowest BCUT2D eigenvalue weighted by atomic mass is 10.0. The second kappa shape index (κ2) is 10.3. The maximum atomic E-state index is 12.2. The van der Waals surface area contributed by atoms with Crippen LogP contribution in [0.15, 0.2) is 78.0 Å². The topological polar surface area (TPSA) is 53.4 Å². The number of nitrogens with zero attached hydrogens (tertiary/aromatic N) is 2. The fourth-order valence-corrected chi connectivity index (χ4v) is 4.51. The second-order valence-corrected chi connectivity index (χ2v) is 10.1. The highest BCUT2D eigenvalue weighted by Gasteiger charge is 2.19. The number of benzene rings is 3. The molecule has 34 heavy (non-hydrogen) atoms. The molecule has 0 spiro atoms. The molecule has 0 bridgehead atoms. The van der Waals surface area contributed by atoms with Crippen LogP contribution in [0.4, 0.5) is 4.79 Å². The molecule has 0 unspecified atom stereocenters. The van der Waals surface area contributed by atoms with Gasteiger partial charge in [0, 0.05) is 11.3 Å². The van der Waals surface area contributed by atoms with Crippen LogP contribution in [-0.2, 0) is 11.3 Å². The van der Waals surface area contributed by atoms with Crippen LogP contribution in [0, 0.1) is 0 Å². The van der Waals surface area contributed by atoms with Crippen molar-refractivity contribution in [2.45, 2.75) is 51.4 Å². The molecule has 4 aromatic rings. The van der Waals surface area contributed by atoms with Gasteiger partial charge in [0.05, 0.1) is 17.6 Å². The molecule has 1 aromatic heterocycles. The summed E-state index contributed by atoms with van der Waals surface area (Å²) in [5.74, 6) is 1.51. The van der Waals surface area contributed by atoms with E-state index in [0.29, 0.717) is 5.75 Å².